The summed E-state index contributed by atoms with van der Waals surface area (Å²) < 4.78 is 49.4. The fourth-order valence-corrected chi connectivity index (χ4v) is 3.40. The van der Waals surface area contributed by atoms with Crippen LogP contribution in [-0.2, 0) is 9.73 Å². The van der Waals surface area contributed by atoms with Gasteiger partial charge in [-0.05, 0) is 17.7 Å². The van der Waals surface area contributed by atoms with Crippen molar-refractivity contribution >= 4 is 15.4 Å². The Morgan fingerprint density at radius 3 is 2.50 bits per heavy atom. The van der Waals surface area contributed by atoms with Gasteiger partial charge in [-0.3, -0.25) is 0 Å². The normalized spacial score (nSPS) is 22.0. The Hall–Kier alpha value is -1.95. The highest BCUT2D eigenvalue weighted by Gasteiger charge is 2.68. The first-order chi connectivity index (χ1) is 11.3. The first-order valence-electron chi connectivity index (χ1n) is 7.60. The van der Waals surface area contributed by atoms with Crippen LogP contribution in [0.5, 0.6) is 5.75 Å². The molecule has 0 aliphatic heterocycles. The van der Waals surface area contributed by atoms with Crippen molar-refractivity contribution in [2.45, 2.75) is 11.8 Å². The van der Waals surface area contributed by atoms with E-state index in [4.69, 9.17) is 4.74 Å². The maximum atomic E-state index is 14.0. The summed E-state index contributed by atoms with van der Waals surface area (Å²) in [6, 6.07) is 15.5. The van der Waals surface area contributed by atoms with Gasteiger partial charge in [-0.2, -0.15) is 4.36 Å². The topological polar surface area (TPSA) is 38.7 Å². The average Bonchev–Trinajstić information content (AvgIpc) is 3.06. The van der Waals surface area contributed by atoms with Crippen molar-refractivity contribution in [3.8, 4) is 5.75 Å². The Morgan fingerprint density at radius 2 is 1.83 bits per heavy atom. The molecule has 0 heterocycles. The van der Waals surface area contributed by atoms with E-state index in [1.165, 1.54) is 12.5 Å². The van der Waals surface area contributed by atoms with Crippen molar-refractivity contribution in [2.75, 3.05) is 19.1 Å². The molecule has 1 aliphatic carbocycles. The predicted octanol–water partition coefficient (Wildman–Crippen LogP) is 4.47. The molecule has 0 unspecified atom stereocenters. The molecule has 1 aliphatic rings. The van der Waals surface area contributed by atoms with Gasteiger partial charge in [0.15, 0.2) is 0 Å². The van der Waals surface area contributed by atoms with Gasteiger partial charge in [-0.1, -0.05) is 36.4 Å². The van der Waals surface area contributed by atoms with E-state index in [0.29, 0.717) is 17.0 Å². The maximum absolute atomic E-state index is 14.0. The van der Waals surface area contributed by atoms with Gasteiger partial charge in [0.05, 0.1) is 24.1 Å². The molecule has 2 aromatic rings. The third-order valence-electron chi connectivity index (χ3n) is 3.93. The SMILES string of the molecule is CS(C)(=O)=Nc1cccc(OC[C@@H]2[C@@H](c3ccccc3)C2(F)F)c1. The van der Waals surface area contributed by atoms with E-state index in [1.807, 2.05) is 6.07 Å². The van der Waals surface area contributed by atoms with Crippen molar-refractivity contribution in [1.82, 2.24) is 0 Å². The second-order valence-corrected chi connectivity index (χ2v) is 8.80. The number of ether oxygens (including phenoxy) is 1. The molecular formula is C18H19F2NO2S. The van der Waals surface area contributed by atoms with Crippen molar-refractivity contribution in [3.63, 3.8) is 0 Å². The van der Waals surface area contributed by atoms with E-state index in [9.17, 15) is 13.0 Å². The third kappa shape index (κ3) is 3.75. The van der Waals surface area contributed by atoms with Crippen molar-refractivity contribution in [2.24, 2.45) is 10.3 Å². The number of hydrogen-bond donors (Lipinski definition) is 0. The fraction of sp³-hybridized carbons (Fsp3) is 0.333. The molecule has 6 heteroatoms. The van der Waals surface area contributed by atoms with E-state index in [2.05, 4.69) is 4.36 Å². The highest BCUT2D eigenvalue weighted by Crippen LogP contribution is 2.61. The summed E-state index contributed by atoms with van der Waals surface area (Å²) >= 11 is 0. The first-order valence-corrected chi connectivity index (χ1v) is 9.93. The largest absolute Gasteiger partial charge is 0.493 e. The second kappa shape index (κ2) is 6.16. The van der Waals surface area contributed by atoms with Crippen LogP contribution in [0.15, 0.2) is 59.0 Å². The van der Waals surface area contributed by atoms with Crippen LogP contribution in [0.3, 0.4) is 0 Å². The second-order valence-electron chi connectivity index (χ2n) is 6.25. The number of halogens is 2. The van der Waals surface area contributed by atoms with Gasteiger partial charge in [0.2, 0.25) is 0 Å². The highest BCUT2D eigenvalue weighted by atomic mass is 32.2. The molecule has 1 saturated carbocycles. The molecular weight excluding hydrogens is 332 g/mol. The van der Waals surface area contributed by atoms with Gasteiger partial charge in [0, 0.05) is 28.3 Å². The highest BCUT2D eigenvalue weighted by molar-refractivity contribution is 7.92. The minimum atomic E-state index is -2.75. The number of hydrogen-bond acceptors (Lipinski definition) is 3. The van der Waals surface area contributed by atoms with Gasteiger partial charge in [-0.15, -0.1) is 0 Å². The number of alkyl halides is 2. The molecule has 2 aromatic carbocycles. The van der Waals surface area contributed by atoms with E-state index < -0.39 is 27.5 Å². The van der Waals surface area contributed by atoms with Crippen molar-refractivity contribution < 1.29 is 17.7 Å². The van der Waals surface area contributed by atoms with Gasteiger partial charge in [0.1, 0.15) is 5.75 Å². The van der Waals surface area contributed by atoms with Crippen LogP contribution in [-0.4, -0.2) is 29.2 Å². The molecule has 0 spiro atoms. The molecule has 0 bridgehead atoms. The van der Waals surface area contributed by atoms with E-state index in [1.54, 1.807) is 48.5 Å². The Morgan fingerprint density at radius 1 is 1.12 bits per heavy atom. The van der Waals surface area contributed by atoms with E-state index >= 15 is 0 Å². The lowest BCUT2D eigenvalue weighted by molar-refractivity contribution is 0.0816. The molecule has 0 radical (unpaired) electrons. The van der Waals surface area contributed by atoms with Crippen molar-refractivity contribution in [1.29, 1.82) is 0 Å². The summed E-state index contributed by atoms with van der Waals surface area (Å²) in [5.74, 6) is -3.92. The van der Waals surface area contributed by atoms with Gasteiger partial charge >= 0.3 is 0 Å². The monoisotopic (exact) mass is 351 g/mol. The molecule has 3 nitrogen and oxygen atoms in total. The summed E-state index contributed by atoms with van der Waals surface area (Å²) in [4.78, 5) is 0. The summed E-state index contributed by atoms with van der Waals surface area (Å²) in [5, 5.41) is 0. The number of benzene rings is 2. The number of rotatable bonds is 5. The Balaban J connectivity index is 1.69. The molecule has 0 amide bonds. The zero-order valence-electron chi connectivity index (χ0n) is 13.5. The molecule has 128 valence electrons. The third-order valence-corrected chi connectivity index (χ3v) is 4.58. The molecule has 24 heavy (non-hydrogen) atoms. The minimum Gasteiger partial charge on any atom is -0.493 e. The molecule has 3 rings (SSSR count). The van der Waals surface area contributed by atoms with Crippen LogP contribution in [0.25, 0.3) is 0 Å². The fourth-order valence-electron chi connectivity index (χ4n) is 2.78. The van der Waals surface area contributed by atoms with E-state index in [0.717, 1.165) is 0 Å². The van der Waals surface area contributed by atoms with Crippen LogP contribution >= 0.6 is 0 Å². The van der Waals surface area contributed by atoms with Crippen LogP contribution in [0, 0.1) is 5.92 Å². The van der Waals surface area contributed by atoms with Gasteiger partial charge in [0.25, 0.3) is 5.92 Å². The Kier molecular flexibility index (Phi) is 4.34. The molecule has 0 saturated heterocycles. The molecule has 1 fully saturated rings. The summed E-state index contributed by atoms with van der Waals surface area (Å²) in [6.45, 7) is -0.0658. The van der Waals surface area contributed by atoms with Crippen LogP contribution in [0.4, 0.5) is 14.5 Å². The Labute approximate surface area is 140 Å². The van der Waals surface area contributed by atoms with Crippen LogP contribution in [0.1, 0.15) is 11.5 Å². The smallest absolute Gasteiger partial charge is 0.262 e. The van der Waals surface area contributed by atoms with Gasteiger partial charge < -0.3 is 4.74 Å². The van der Waals surface area contributed by atoms with Crippen molar-refractivity contribution in [3.05, 3.63) is 60.2 Å². The first kappa shape index (κ1) is 16.9. The maximum Gasteiger partial charge on any atom is 0.262 e. The van der Waals surface area contributed by atoms with Gasteiger partial charge in [-0.25, -0.2) is 13.0 Å². The number of nitrogens with zero attached hydrogens (tertiary/aromatic N) is 1. The summed E-state index contributed by atoms with van der Waals surface area (Å²) in [7, 11) is -2.28. The standard InChI is InChI=1S/C18H19F2NO2S/c1-24(2,22)21-14-9-6-10-15(11-14)23-12-16-17(18(16,19)20)13-7-4-3-5-8-13/h3-11,16-17H,12H2,1-2H3/t16-,17-/m1/s1. The van der Waals surface area contributed by atoms with E-state index in [-0.39, 0.29) is 6.61 Å². The minimum absolute atomic E-state index is 0.0658. The average molecular weight is 351 g/mol. The van der Waals surface area contributed by atoms with Crippen LogP contribution in [0.2, 0.25) is 0 Å². The molecule has 0 aromatic heterocycles. The zero-order valence-corrected chi connectivity index (χ0v) is 14.3. The predicted molar refractivity (Wildman–Crippen MR) is 91.6 cm³/mol. The summed E-state index contributed by atoms with van der Waals surface area (Å²) in [6.07, 6.45) is 3.07. The lowest BCUT2D eigenvalue weighted by atomic mass is 10.1. The quantitative estimate of drug-likeness (QED) is 0.797. The molecule has 0 N–H and O–H groups in total. The van der Waals surface area contributed by atoms with Crippen LogP contribution < -0.4 is 4.74 Å². The molecule has 2 atom stereocenters. The lowest BCUT2D eigenvalue weighted by Crippen LogP contribution is -2.05. The Bertz CT molecular complexity index is 837. The lowest BCUT2D eigenvalue weighted by Gasteiger charge is -2.06. The summed E-state index contributed by atoms with van der Waals surface area (Å²) in [5.41, 5.74) is 1.15. The zero-order chi connectivity index (χ0) is 17.4.